The van der Waals surface area contributed by atoms with Crippen molar-refractivity contribution in [3.8, 4) is 0 Å². The summed E-state index contributed by atoms with van der Waals surface area (Å²) in [6, 6.07) is 8.88. The topological polar surface area (TPSA) is 87.1 Å². The lowest BCUT2D eigenvalue weighted by atomic mass is 9.93. The van der Waals surface area contributed by atoms with E-state index in [0.29, 0.717) is 12.8 Å². The zero-order chi connectivity index (χ0) is 15.2. The van der Waals surface area contributed by atoms with E-state index < -0.39 is 18.0 Å². The average Bonchev–Trinajstić information content (AvgIpc) is 2.52. The number of piperidine rings is 1. The number of hydrogen-bond acceptors (Lipinski definition) is 4. The van der Waals surface area contributed by atoms with Crippen LogP contribution in [0.3, 0.4) is 0 Å². The van der Waals surface area contributed by atoms with E-state index in [-0.39, 0.29) is 25.8 Å². The van der Waals surface area contributed by atoms with E-state index >= 15 is 0 Å². The summed E-state index contributed by atoms with van der Waals surface area (Å²) in [6.45, 7) is 0.0209. The fraction of sp³-hybridized carbons (Fsp3) is 0.467. The summed E-state index contributed by atoms with van der Waals surface area (Å²) in [6.07, 6.45) is 0.348. The summed E-state index contributed by atoms with van der Waals surface area (Å²) in [5.41, 5.74) is 0.859. The van der Waals surface area contributed by atoms with Crippen LogP contribution < -0.4 is 0 Å². The van der Waals surface area contributed by atoms with Gasteiger partial charge in [0.2, 0.25) is 0 Å². The van der Waals surface area contributed by atoms with E-state index in [9.17, 15) is 14.7 Å². The highest BCUT2D eigenvalue weighted by Crippen LogP contribution is 2.23. The van der Waals surface area contributed by atoms with Gasteiger partial charge in [0.25, 0.3) is 0 Å². The molecule has 1 fully saturated rings. The summed E-state index contributed by atoms with van der Waals surface area (Å²) in [5, 5.41) is 18.4. The molecule has 6 nitrogen and oxygen atoms in total. The second kappa shape index (κ2) is 7.08. The summed E-state index contributed by atoms with van der Waals surface area (Å²) in [5.74, 6) is -1.52. The van der Waals surface area contributed by atoms with E-state index in [1.165, 1.54) is 4.90 Å². The minimum absolute atomic E-state index is 0.0776. The highest BCUT2D eigenvalue weighted by atomic mass is 16.6. The van der Waals surface area contributed by atoms with Crippen LogP contribution in [0.2, 0.25) is 0 Å². The van der Waals surface area contributed by atoms with Gasteiger partial charge in [0.15, 0.2) is 0 Å². The predicted molar refractivity (Wildman–Crippen MR) is 74.6 cm³/mol. The zero-order valence-electron chi connectivity index (χ0n) is 11.6. The second-order valence-corrected chi connectivity index (χ2v) is 5.14. The average molecular weight is 293 g/mol. The normalized spacial score (nSPS) is 21.9. The number of likely N-dealkylation sites (tertiary alicyclic amines) is 1. The quantitative estimate of drug-likeness (QED) is 0.878. The fourth-order valence-corrected chi connectivity index (χ4v) is 2.44. The van der Waals surface area contributed by atoms with Crippen LogP contribution in [-0.4, -0.2) is 46.4 Å². The largest absolute Gasteiger partial charge is 0.481 e. The first kappa shape index (κ1) is 15.3. The van der Waals surface area contributed by atoms with Crippen molar-refractivity contribution in [3.63, 3.8) is 0 Å². The van der Waals surface area contributed by atoms with Crippen LogP contribution in [0.25, 0.3) is 0 Å². The van der Waals surface area contributed by atoms with E-state index in [4.69, 9.17) is 9.84 Å². The molecular weight excluding hydrogens is 274 g/mol. The lowest BCUT2D eigenvalue weighted by molar-refractivity contribution is -0.144. The van der Waals surface area contributed by atoms with Crippen LogP contribution in [0.4, 0.5) is 4.79 Å². The minimum Gasteiger partial charge on any atom is -0.481 e. The summed E-state index contributed by atoms with van der Waals surface area (Å²) < 4.78 is 5.21. The maximum atomic E-state index is 12.1. The number of carbonyl (C=O) groups is 2. The monoisotopic (exact) mass is 293 g/mol. The molecule has 1 amide bonds. The van der Waals surface area contributed by atoms with E-state index in [2.05, 4.69) is 0 Å². The van der Waals surface area contributed by atoms with Crippen molar-refractivity contribution in [1.82, 2.24) is 4.90 Å². The summed E-state index contributed by atoms with van der Waals surface area (Å²) in [7, 11) is 0. The molecule has 0 saturated carbocycles. The number of carboxylic acid groups (broad SMARTS) is 1. The van der Waals surface area contributed by atoms with Gasteiger partial charge in [-0.1, -0.05) is 30.3 Å². The number of carbonyl (C=O) groups excluding carboxylic acids is 1. The Morgan fingerprint density at radius 3 is 2.57 bits per heavy atom. The smallest absolute Gasteiger partial charge is 0.410 e. The van der Waals surface area contributed by atoms with Crippen molar-refractivity contribution in [2.75, 3.05) is 13.2 Å². The molecule has 0 aromatic heterocycles. The number of ether oxygens (including phenoxy) is 1. The molecule has 21 heavy (non-hydrogen) atoms. The number of aliphatic hydroxyl groups is 1. The van der Waals surface area contributed by atoms with Crippen molar-refractivity contribution in [3.05, 3.63) is 35.9 Å². The Morgan fingerprint density at radius 2 is 1.95 bits per heavy atom. The van der Waals surface area contributed by atoms with Gasteiger partial charge in [0.1, 0.15) is 6.61 Å². The molecule has 114 valence electrons. The maximum absolute atomic E-state index is 12.1. The molecule has 6 heteroatoms. The molecule has 2 atom stereocenters. The number of aliphatic carboxylic acids is 1. The van der Waals surface area contributed by atoms with Crippen molar-refractivity contribution in [2.24, 2.45) is 5.92 Å². The molecule has 2 N–H and O–H groups in total. The lowest BCUT2D eigenvalue weighted by Crippen LogP contribution is -2.50. The Kier molecular flexibility index (Phi) is 5.16. The molecule has 1 heterocycles. The van der Waals surface area contributed by atoms with Gasteiger partial charge in [0.05, 0.1) is 18.6 Å². The first-order valence-corrected chi connectivity index (χ1v) is 6.92. The Balaban J connectivity index is 1.96. The van der Waals surface area contributed by atoms with Crippen LogP contribution in [0.5, 0.6) is 0 Å². The predicted octanol–water partition coefficient (Wildman–Crippen LogP) is 1.48. The van der Waals surface area contributed by atoms with Gasteiger partial charge in [-0.15, -0.1) is 0 Å². The molecular formula is C15H19NO5. The SMILES string of the molecule is O=C(O)[C@H]1CC[C@H](CO)N(C(=O)OCc2ccccc2)C1. The standard InChI is InChI=1S/C15H19NO5/c17-9-13-7-6-12(14(18)19)8-16(13)15(20)21-10-11-4-2-1-3-5-11/h1-5,12-13,17H,6-10H2,(H,18,19)/t12-,13+/m0/s1. The first-order valence-electron chi connectivity index (χ1n) is 6.92. The second-order valence-electron chi connectivity index (χ2n) is 5.14. The van der Waals surface area contributed by atoms with Gasteiger partial charge in [-0.2, -0.15) is 0 Å². The Morgan fingerprint density at radius 1 is 1.24 bits per heavy atom. The van der Waals surface area contributed by atoms with E-state index in [0.717, 1.165) is 5.56 Å². The van der Waals surface area contributed by atoms with Crippen molar-refractivity contribution in [1.29, 1.82) is 0 Å². The van der Waals surface area contributed by atoms with Crippen LogP contribution in [-0.2, 0) is 16.1 Å². The zero-order valence-corrected chi connectivity index (χ0v) is 11.6. The number of benzene rings is 1. The number of rotatable bonds is 4. The van der Waals surface area contributed by atoms with Crippen molar-refractivity contribution in [2.45, 2.75) is 25.5 Å². The van der Waals surface area contributed by atoms with Crippen LogP contribution in [0.1, 0.15) is 18.4 Å². The number of hydrogen-bond donors (Lipinski definition) is 2. The molecule has 1 aliphatic heterocycles. The summed E-state index contributed by atoms with van der Waals surface area (Å²) >= 11 is 0. The maximum Gasteiger partial charge on any atom is 0.410 e. The van der Waals surface area contributed by atoms with Gasteiger partial charge in [-0.25, -0.2) is 4.79 Å². The highest BCUT2D eigenvalue weighted by Gasteiger charge is 2.35. The fourth-order valence-electron chi connectivity index (χ4n) is 2.44. The van der Waals surface area contributed by atoms with Crippen LogP contribution >= 0.6 is 0 Å². The molecule has 0 radical (unpaired) electrons. The molecule has 0 spiro atoms. The molecule has 1 aromatic rings. The molecule has 0 bridgehead atoms. The number of carboxylic acids is 1. The summed E-state index contributed by atoms with van der Waals surface area (Å²) in [4.78, 5) is 24.5. The van der Waals surface area contributed by atoms with Gasteiger partial charge in [-0.05, 0) is 18.4 Å². The van der Waals surface area contributed by atoms with Crippen LogP contribution in [0, 0.1) is 5.92 Å². The Labute approximate surface area is 122 Å². The van der Waals surface area contributed by atoms with Crippen LogP contribution in [0.15, 0.2) is 30.3 Å². The third-order valence-electron chi connectivity index (χ3n) is 3.71. The minimum atomic E-state index is -0.924. The molecule has 1 aromatic carbocycles. The highest BCUT2D eigenvalue weighted by molar-refractivity contribution is 5.73. The van der Waals surface area contributed by atoms with Gasteiger partial charge < -0.3 is 19.8 Å². The van der Waals surface area contributed by atoms with E-state index in [1.807, 2.05) is 30.3 Å². The third kappa shape index (κ3) is 3.95. The third-order valence-corrected chi connectivity index (χ3v) is 3.71. The number of nitrogens with zero attached hydrogens (tertiary/aromatic N) is 1. The Hall–Kier alpha value is -2.08. The molecule has 1 aliphatic rings. The van der Waals surface area contributed by atoms with Gasteiger partial charge in [0, 0.05) is 6.54 Å². The van der Waals surface area contributed by atoms with E-state index in [1.54, 1.807) is 0 Å². The number of aliphatic hydroxyl groups excluding tert-OH is 1. The van der Waals surface area contributed by atoms with Crippen molar-refractivity contribution >= 4 is 12.1 Å². The molecule has 0 aliphatic carbocycles. The first-order chi connectivity index (χ1) is 10.1. The van der Waals surface area contributed by atoms with Crippen molar-refractivity contribution < 1.29 is 24.5 Å². The molecule has 0 unspecified atom stereocenters. The van der Waals surface area contributed by atoms with Gasteiger partial charge >= 0.3 is 12.1 Å². The molecule has 2 rings (SSSR count). The Bertz CT molecular complexity index is 490. The number of amides is 1. The van der Waals surface area contributed by atoms with Gasteiger partial charge in [-0.3, -0.25) is 4.79 Å². The lowest BCUT2D eigenvalue weighted by Gasteiger charge is -2.36. The molecule has 1 saturated heterocycles.